The quantitative estimate of drug-likeness (QED) is 0.236. The number of piperazine rings is 1. The number of aromatic hydroxyl groups is 1. The number of benzene rings is 4. The van der Waals surface area contributed by atoms with Crippen molar-refractivity contribution in [2.45, 2.75) is 69.0 Å². The Morgan fingerprint density at radius 3 is 2.33 bits per heavy atom. The van der Waals surface area contributed by atoms with Gasteiger partial charge in [-0.2, -0.15) is 0 Å². The Labute approximate surface area is 335 Å². The number of nitrogens with one attached hydrogen (secondary N) is 1. The number of hydrogen-bond donors (Lipinski definition) is 2. The van der Waals surface area contributed by atoms with Gasteiger partial charge in [0.15, 0.2) is 0 Å². The van der Waals surface area contributed by atoms with Gasteiger partial charge in [0, 0.05) is 83.0 Å². The maximum atomic E-state index is 13.5. The van der Waals surface area contributed by atoms with Crippen LogP contribution in [-0.2, 0) is 22.6 Å². The number of rotatable bonds is 6. The zero-order valence-corrected chi connectivity index (χ0v) is 32.8. The second-order valence-electron chi connectivity index (χ2n) is 17.3. The normalized spacial score (nSPS) is 25.2. The molecule has 0 saturated carbocycles. The topological polar surface area (TPSA) is 99.7 Å². The van der Waals surface area contributed by atoms with Gasteiger partial charge in [-0.3, -0.25) is 24.6 Å². The predicted molar refractivity (Wildman–Crippen MR) is 222 cm³/mol. The van der Waals surface area contributed by atoms with Crippen LogP contribution in [0.1, 0.15) is 82.1 Å². The standard InChI is InChI=1S/C47H52N6O4/c1-49-28-36-29-50(21-22-52(36)43-24-34-27-53(47(57)40(34)25-42(43)49)41-15-16-44(55)48-46(41)56)26-30-17-19-51(20-18-30)35-10-7-32(8-11-35)45-38(31-5-3-2-4-6-31)13-9-33-23-37(54)12-14-39(33)45/h2-8,10-12,14,23-25,30,36,38,41,45,54H,9,13,15-22,26-29H2,1H3,(H,48,55,56)/t36-,38-,41?,45+/m1/s1. The molecule has 0 bridgehead atoms. The maximum Gasteiger partial charge on any atom is 0.255 e. The van der Waals surface area contributed by atoms with Gasteiger partial charge < -0.3 is 24.7 Å². The van der Waals surface area contributed by atoms with Gasteiger partial charge in [0.25, 0.3) is 5.91 Å². The molecular formula is C47H52N6O4. The summed E-state index contributed by atoms with van der Waals surface area (Å²) in [5, 5.41) is 12.7. The van der Waals surface area contributed by atoms with Gasteiger partial charge in [0.1, 0.15) is 11.8 Å². The van der Waals surface area contributed by atoms with Crippen molar-refractivity contribution in [2.24, 2.45) is 5.92 Å². The van der Waals surface area contributed by atoms with Gasteiger partial charge in [0.05, 0.1) is 17.4 Å². The van der Waals surface area contributed by atoms with E-state index in [1.165, 1.54) is 46.5 Å². The fourth-order valence-electron chi connectivity index (χ4n) is 11.0. The van der Waals surface area contributed by atoms with E-state index >= 15 is 0 Å². The van der Waals surface area contributed by atoms with E-state index in [-0.39, 0.29) is 30.1 Å². The number of imide groups is 1. The largest absolute Gasteiger partial charge is 0.508 e. The van der Waals surface area contributed by atoms with Crippen molar-refractivity contribution in [3.8, 4) is 5.75 Å². The number of carbonyl (C=O) groups is 3. The molecule has 5 heterocycles. The van der Waals surface area contributed by atoms with Gasteiger partial charge in [-0.1, -0.05) is 48.5 Å². The zero-order chi connectivity index (χ0) is 38.8. The summed E-state index contributed by atoms with van der Waals surface area (Å²) < 4.78 is 0. The Morgan fingerprint density at radius 1 is 0.737 bits per heavy atom. The Bertz CT molecular complexity index is 2200. The van der Waals surface area contributed by atoms with Crippen LogP contribution in [0.5, 0.6) is 5.75 Å². The number of hydrogen-bond acceptors (Lipinski definition) is 8. The molecule has 3 fully saturated rings. The highest BCUT2D eigenvalue weighted by molar-refractivity contribution is 6.06. The monoisotopic (exact) mass is 764 g/mol. The molecule has 1 aliphatic carbocycles. The van der Waals surface area contributed by atoms with E-state index in [2.05, 4.69) is 98.7 Å². The number of phenolic OH excluding ortho intramolecular Hbond substituents is 1. The summed E-state index contributed by atoms with van der Waals surface area (Å²) >= 11 is 0. The fraction of sp³-hybridized carbons (Fsp3) is 0.426. The third-order valence-electron chi connectivity index (χ3n) is 14.0. The molecule has 6 aliphatic rings. The third kappa shape index (κ3) is 6.61. The highest BCUT2D eigenvalue weighted by Gasteiger charge is 2.42. The van der Waals surface area contributed by atoms with Crippen LogP contribution in [0.3, 0.4) is 0 Å². The molecule has 0 radical (unpaired) electrons. The average molecular weight is 765 g/mol. The first-order chi connectivity index (χ1) is 27.8. The molecule has 0 aromatic heterocycles. The Kier molecular flexibility index (Phi) is 9.19. The van der Waals surface area contributed by atoms with Crippen molar-refractivity contribution in [1.82, 2.24) is 15.1 Å². The molecule has 4 aromatic carbocycles. The van der Waals surface area contributed by atoms with Gasteiger partial charge in [-0.05, 0) is 108 Å². The number of aryl methyl sites for hydroxylation is 1. The molecule has 10 heteroatoms. The molecule has 2 N–H and O–H groups in total. The summed E-state index contributed by atoms with van der Waals surface area (Å²) in [7, 11) is 2.13. The van der Waals surface area contributed by atoms with E-state index in [0.717, 1.165) is 69.9 Å². The van der Waals surface area contributed by atoms with Crippen LogP contribution >= 0.6 is 0 Å². The van der Waals surface area contributed by atoms with Crippen LogP contribution in [0, 0.1) is 5.92 Å². The van der Waals surface area contributed by atoms with E-state index < -0.39 is 6.04 Å². The van der Waals surface area contributed by atoms with Crippen LogP contribution in [0.4, 0.5) is 17.1 Å². The Morgan fingerprint density at radius 2 is 1.54 bits per heavy atom. The van der Waals surface area contributed by atoms with Gasteiger partial charge in [0.2, 0.25) is 11.8 Å². The number of anilines is 3. The van der Waals surface area contributed by atoms with Gasteiger partial charge >= 0.3 is 0 Å². The van der Waals surface area contributed by atoms with E-state index in [9.17, 15) is 19.5 Å². The number of amides is 3. The van der Waals surface area contributed by atoms with Crippen molar-refractivity contribution in [3.05, 3.63) is 118 Å². The predicted octanol–water partition coefficient (Wildman–Crippen LogP) is 5.87. The molecule has 3 saturated heterocycles. The molecule has 4 atom stereocenters. The number of likely N-dealkylation sites (N-methyl/N-ethyl adjacent to an activating group) is 1. The van der Waals surface area contributed by atoms with Crippen LogP contribution in [0.15, 0.2) is 84.9 Å². The minimum Gasteiger partial charge on any atom is -0.508 e. The smallest absolute Gasteiger partial charge is 0.255 e. The van der Waals surface area contributed by atoms with Crippen molar-refractivity contribution in [1.29, 1.82) is 0 Å². The Hall–Kier alpha value is -5.35. The van der Waals surface area contributed by atoms with E-state index in [4.69, 9.17) is 0 Å². The fourth-order valence-corrected chi connectivity index (χ4v) is 11.0. The van der Waals surface area contributed by atoms with Gasteiger partial charge in [-0.15, -0.1) is 0 Å². The number of carbonyl (C=O) groups excluding carboxylic acids is 3. The van der Waals surface area contributed by atoms with Crippen molar-refractivity contribution in [2.75, 3.05) is 67.6 Å². The van der Waals surface area contributed by atoms with Gasteiger partial charge in [-0.25, -0.2) is 0 Å². The lowest BCUT2D eigenvalue weighted by molar-refractivity contribution is -0.136. The SMILES string of the molecule is CN1C[C@@H]2CN(CC3CCN(c4ccc([C@@H]5c6ccc(O)cc6CC[C@@H]5c5ccccc5)cc4)CC3)CCN2c2cc3c(cc21)C(=O)N(C1CCC(=O)NC1=O)C3. The summed E-state index contributed by atoms with van der Waals surface area (Å²) in [4.78, 5) is 49.6. The highest BCUT2D eigenvalue weighted by Crippen LogP contribution is 2.47. The lowest BCUT2D eigenvalue weighted by Gasteiger charge is -2.49. The van der Waals surface area contributed by atoms with Crippen molar-refractivity contribution in [3.63, 3.8) is 0 Å². The molecule has 294 valence electrons. The first kappa shape index (κ1) is 36.0. The summed E-state index contributed by atoms with van der Waals surface area (Å²) in [6.45, 7) is 7.58. The minimum atomic E-state index is -0.600. The number of piperidine rings is 2. The van der Waals surface area contributed by atoms with Crippen LogP contribution in [0.25, 0.3) is 0 Å². The lowest BCUT2D eigenvalue weighted by atomic mass is 9.69. The molecular weight excluding hydrogens is 713 g/mol. The summed E-state index contributed by atoms with van der Waals surface area (Å²) in [5.74, 6) is 0.940. The zero-order valence-electron chi connectivity index (χ0n) is 32.8. The molecule has 10 nitrogen and oxygen atoms in total. The first-order valence-corrected chi connectivity index (χ1v) is 21.0. The second-order valence-corrected chi connectivity index (χ2v) is 17.3. The summed E-state index contributed by atoms with van der Waals surface area (Å²) in [6, 6.07) is 30.3. The van der Waals surface area contributed by atoms with Crippen molar-refractivity contribution >= 4 is 34.8 Å². The van der Waals surface area contributed by atoms with Crippen LogP contribution in [0.2, 0.25) is 0 Å². The minimum absolute atomic E-state index is 0.115. The van der Waals surface area contributed by atoms with E-state index in [1.807, 2.05) is 18.2 Å². The number of fused-ring (bicyclic) bond motifs is 5. The molecule has 0 spiro atoms. The molecule has 4 aromatic rings. The lowest BCUT2D eigenvalue weighted by Crippen LogP contribution is -2.60. The Balaban J connectivity index is 0.767. The highest BCUT2D eigenvalue weighted by atomic mass is 16.3. The molecule has 10 rings (SSSR count). The van der Waals surface area contributed by atoms with Crippen molar-refractivity contribution < 1.29 is 19.5 Å². The second kappa shape index (κ2) is 14.5. The van der Waals surface area contributed by atoms with Crippen LogP contribution in [-0.4, -0.2) is 97.6 Å². The molecule has 3 amide bonds. The molecule has 57 heavy (non-hydrogen) atoms. The average Bonchev–Trinajstić information content (AvgIpc) is 3.54. The summed E-state index contributed by atoms with van der Waals surface area (Å²) in [5.41, 5.74) is 10.6. The number of phenols is 1. The van der Waals surface area contributed by atoms with Crippen LogP contribution < -0.4 is 20.0 Å². The first-order valence-electron chi connectivity index (χ1n) is 21.0. The van der Waals surface area contributed by atoms with E-state index in [1.54, 1.807) is 4.90 Å². The molecule has 5 aliphatic heterocycles. The van der Waals surface area contributed by atoms with E-state index in [0.29, 0.717) is 42.2 Å². The maximum absolute atomic E-state index is 13.5. The molecule has 1 unspecified atom stereocenters. The number of nitrogens with zero attached hydrogens (tertiary/aromatic N) is 5. The third-order valence-corrected chi connectivity index (χ3v) is 14.0. The summed E-state index contributed by atoms with van der Waals surface area (Å²) in [6.07, 6.45) is 5.06.